The van der Waals surface area contributed by atoms with E-state index in [2.05, 4.69) is 0 Å². The van der Waals surface area contributed by atoms with Gasteiger partial charge in [-0.05, 0) is 6.92 Å². The zero-order valence-electron chi connectivity index (χ0n) is 6.86. The monoisotopic (exact) mass is 172 g/mol. The van der Waals surface area contributed by atoms with Crippen LogP contribution in [0.4, 0.5) is 0 Å². The highest BCUT2D eigenvalue weighted by atomic mass is 16.3. The standard InChI is InChI=1S/C7H12N2O3/c1-4(7(8)12)9-3-5(10)2-6(9)11/h4-5,10H,2-3H2,1H3,(H2,8,12). The van der Waals surface area contributed by atoms with Gasteiger partial charge < -0.3 is 15.7 Å². The molecule has 1 heterocycles. The van der Waals surface area contributed by atoms with E-state index in [4.69, 9.17) is 10.8 Å². The summed E-state index contributed by atoms with van der Waals surface area (Å²) in [4.78, 5) is 23.1. The van der Waals surface area contributed by atoms with E-state index in [1.54, 1.807) is 6.92 Å². The highest BCUT2D eigenvalue weighted by Gasteiger charge is 2.33. The van der Waals surface area contributed by atoms with Gasteiger partial charge in [0.15, 0.2) is 0 Å². The SMILES string of the molecule is CC(C(N)=O)N1CC(O)CC1=O. The van der Waals surface area contributed by atoms with E-state index in [1.165, 1.54) is 4.90 Å². The highest BCUT2D eigenvalue weighted by molar-refractivity contribution is 5.87. The van der Waals surface area contributed by atoms with Crippen LogP contribution in [0.5, 0.6) is 0 Å². The number of aliphatic hydroxyl groups excluding tert-OH is 1. The van der Waals surface area contributed by atoms with Gasteiger partial charge in [0, 0.05) is 6.54 Å². The summed E-state index contributed by atoms with van der Waals surface area (Å²) in [5, 5.41) is 9.09. The van der Waals surface area contributed by atoms with Crippen LogP contribution in [0, 0.1) is 0 Å². The van der Waals surface area contributed by atoms with Crippen molar-refractivity contribution >= 4 is 11.8 Å². The summed E-state index contributed by atoms with van der Waals surface area (Å²) < 4.78 is 0. The number of likely N-dealkylation sites (tertiary alicyclic amines) is 1. The molecule has 2 unspecified atom stereocenters. The van der Waals surface area contributed by atoms with E-state index in [9.17, 15) is 9.59 Å². The van der Waals surface area contributed by atoms with Crippen LogP contribution in [0.15, 0.2) is 0 Å². The molecule has 0 aromatic heterocycles. The van der Waals surface area contributed by atoms with Crippen molar-refractivity contribution in [2.75, 3.05) is 6.54 Å². The molecule has 0 aromatic carbocycles. The predicted octanol–water partition coefficient (Wildman–Crippen LogP) is -1.55. The third-order valence-electron chi connectivity index (χ3n) is 2.02. The minimum atomic E-state index is -0.653. The van der Waals surface area contributed by atoms with E-state index in [-0.39, 0.29) is 18.9 Å². The van der Waals surface area contributed by atoms with Crippen molar-refractivity contribution in [3.8, 4) is 0 Å². The van der Waals surface area contributed by atoms with Crippen molar-refractivity contribution in [3.05, 3.63) is 0 Å². The fourth-order valence-corrected chi connectivity index (χ4v) is 1.24. The van der Waals surface area contributed by atoms with Gasteiger partial charge in [-0.1, -0.05) is 0 Å². The molecule has 2 amide bonds. The molecule has 1 aliphatic heterocycles. The number of rotatable bonds is 2. The Labute approximate surface area is 70.1 Å². The molecule has 0 bridgehead atoms. The Balaban J connectivity index is 2.64. The lowest BCUT2D eigenvalue weighted by Gasteiger charge is -2.20. The Hall–Kier alpha value is -1.10. The van der Waals surface area contributed by atoms with Gasteiger partial charge in [-0.15, -0.1) is 0 Å². The van der Waals surface area contributed by atoms with Crippen LogP contribution < -0.4 is 5.73 Å². The molecule has 5 heteroatoms. The lowest BCUT2D eigenvalue weighted by molar-refractivity contribution is -0.135. The van der Waals surface area contributed by atoms with Gasteiger partial charge >= 0.3 is 0 Å². The zero-order valence-corrected chi connectivity index (χ0v) is 6.86. The average Bonchev–Trinajstić information content (AvgIpc) is 2.28. The first-order valence-corrected chi connectivity index (χ1v) is 3.79. The second-order valence-corrected chi connectivity index (χ2v) is 2.98. The van der Waals surface area contributed by atoms with Crippen LogP contribution in [0.25, 0.3) is 0 Å². The Morgan fingerprint density at radius 2 is 2.42 bits per heavy atom. The van der Waals surface area contributed by atoms with Gasteiger partial charge in [0.2, 0.25) is 11.8 Å². The number of carbonyl (C=O) groups excluding carboxylic acids is 2. The Bertz CT molecular complexity index is 217. The number of hydrogen-bond donors (Lipinski definition) is 2. The van der Waals surface area contributed by atoms with Gasteiger partial charge in [-0.25, -0.2) is 0 Å². The van der Waals surface area contributed by atoms with Gasteiger partial charge in [0.05, 0.1) is 12.5 Å². The summed E-state index contributed by atoms with van der Waals surface area (Å²) in [5.74, 6) is -0.758. The number of primary amides is 1. The summed E-state index contributed by atoms with van der Waals surface area (Å²) in [5.41, 5.74) is 5.01. The van der Waals surface area contributed by atoms with Crippen molar-refractivity contribution in [2.45, 2.75) is 25.5 Å². The molecule has 1 saturated heterocycles. The number of amides is 2. The van der Waals surface area contributed by atoms with Crippen molar-refractivity contribution in [1.82, 2.24) is 4.90 Å². The molecule has 1 aliphatic rings. The molecular weight excluding hydrogens is 160 g/mol. The average molecular weight is 172 g/mol. The maximum absolute atomic E-state index is 11.1. The second kappa shape index (κ2) is 3.10. The third-order valence-corrected chi connectivity index (χ3v) is 2.02. The molecule has 2 atom stereocenters. The minimum Gasteiger partial charge on any atom is -0.391 e. The molecule has 12 heavy (non-hydrogen) atoms. The van der Waals surface area contributed by atoms with E-state index >= 15 is 0 Å². The topological polar surface area (TPSA) is 83.6 Å². The fraction of sp³-hybridized carbons (Fsp3) is 0.714. The normalized spacial score (nSPS) is 26.0. The maximum Gasteiger partial charge on any atom is 0.239 e. The second-order valence-electron chi connectivity index (χ2n) is 2.98. The van der Waals surface area contributed by atoms with Gasteiger partial charge in [-0.3, -0.25) is 9.59 Å². The Kier molecular flexibility index (Phi) is 2.32. The smallest absolute Gasteiger partial charge is 0.239 e. The van der Waals surface area contributed by atoms with E-state index < -0.39 is 18.1 Å². The van der Waals surface area contributed by atoms with Crippen molar-refractivity contribution < 1.29 is 14.7 Å². The van der Waals surface area contributed by atoms with E-state index in [0.717, 1.165) is 0 Å². The number of hydrogen-bond acceptors (Lipinski definition) is 3. The summed E-state index contributed by atoms with van der Waals surface area (Å²) >= 11 is 0. The number of carbonyl (C=O) groups is 2. The largest absolute Gasteiger partial charge is 0.391 e. The van der Waals surface area contributed by atoms with Crippen LogP contribution in [0.1, 0.15) is 13.3 Å². The Morgan fingerprint density at radius 3 is 2.75 bits per heavy atom. The lowest BCUT2D eigenvalue weighted by atomic mass is 10.3. The molecular formula is C7H12N2O3. The highest BCUT2D eigenvalue weighted by Crippen LogP contribution is 2.13. The first-order chi connectivity index (χ1) is 5.52. The lowest BCUT2D eigenvalue weighted by Crippen LogP contribution is -2.43. The predicted molar refractivity (Wildman–Crippen MR) is 41.0 cm³/mol. The zero-order chi connectivity index (χ0) is 9.30. The van der Waals surface area contributed by atoms with Crippen LogP contribution in [-0.2, 0) is 9.59 Å². The molecule has 0 aromatic rings. The van der Waals surface area contributed by atoms with Crippen LogP contribution in [0.2, 0.25) is 0 Å². The van der Waals surface area contributed by atoms with Crippen molar-refractivity contribution in [3.63, 3.8) is 0 Å². The van der Waals surface area contributed by atoms with E-state index in [0.29, 0.717) is 0 Å². The maximum atomic E-state index is 11.1. The number of nitrogens with zero attached hydrogens (tertiary/aromatic N) is 1. The van der Waals surface area contributed by atoms with Gasteiger partial charge in [-0.2, -0.15) is 0 Å². The molecule has 0 saturated carbocycles. The molecule has 3 N–H and O–H groups in total. The van der Waals surface area contributed by atoms with Gasteiger partial charge in [0.25, 0.3) is 0 Å². The van der Waals surface area contributed by atoms with Crippen molar-refractivity contribution in [2.24, 2.45) is 5.73 Å². The van der Waals surface area contributed by atoms with Crippen LogP contribution >= 0.6 is 0 Å². The molecule has 1 fully saturated rings. The quantitative estimate of drug-likeness (QED) is 0.529. The number of β-amino-alcohol motifs (C(OH)–C–C–N with tert-alkyl or cyclic N) is 1. The molecule has 0 aliphatic carbocycles. The molecule has 5 nitrogen and oxygen atoms in total. The molecule has 0 radical (unpaired) electrons. The molecule has 0 spiro atoms. The van der Waals surface area contributed by atoms with Crippen LogP contribution in [-0.4, -0.2) is 40.5 Å². The summed E-state index contributed by atoms with van der Waals surface area (Å²) in [6.07, 6.45) is -0.559. The molecule has 68 valence electrons. The summed E-state index contributed by atoms with van der Waals surface area (Å²) in [6.45, 7) is 1.77. The third kappa shape index (κ3) is 1.55. The first-order valence-electron chi connectivity index (χ1n) is 3.79. The summed E-state index contributed by atoms with van der Waals surface area (Å²) in [6, 6.07) is -0.616. The first kappa shape index (κ1) is 8.99. The van der Waals surface area contributed by atoms with Crippen molar-refractivity contribution in [1.29, 1.82) is 0 Å². The van der Waals surface area contributed by atoms with E-state index in [1.807, 2.05) is 0 Å². The molecule has 1 rings (SSSR count). The van der Waals surface area contributed by atoms with Crippen LogP contribution in [0.3, 0.4) is 0 Å². The number of aliphatic hydroxyl groups is 1. The Morgan fingerprint density at radius 1 is 1.83 bits per heavy atom. The van der Waals surface area contributed by atoms with Gasteiger partial charge in [0.1, 0.15) is 6.04 Å². The fourth-order valence-electron chi connectivity index (χ4n) is 1.24. The minimum absolute atomic E-state index is 0.0949. The number of nitrogens with two attached hydrogens (primary N) is 1. The summed E-state index contributed by atoms with van der Waals surface area (Å²) in [7, 11) is 0.